The molecule has 0 heterocycles. The predicted molar refractivity (Wildman–Crippen MR) is 71.6 cm³/mol. The van der Waals surface area contributed by atoms with Crippen LogP contribution < -0.4 is 11.1 Å². The standard InChI is InChI=1S/C14H28N2O/c1-4-13(10(2)3)16-14(17)12-7-5-11(9-15)6-8-12/h10-13H,4-9,15H2,1-3H3,(H,16,17). The Labute approximate surface area is 106 Å². The van der Waals surface area contributed by atoms with E-state index >= 15 is 0 Å². The third-order valence-electron chi connectivity index (χ3n) is 4.12. The fourth-order valence-corrected chi connectivity index (χ4v) is 2.70. The number of rotatable bonds is 5. The van der Waals surface area contributed by atoms with Crippen LogP contribution in [0.3, 0.4) is 0 Å². The number of nitrogens with one attached hydrogen (secondary N) is 1. The van der Waals surface area contributed by atoms with Crippen LogP contribution in [-0.4, -0.2) is 18.5 Å². The molecule has 1 fully saturated rings. The maximum atomic E-state index is 12.1. The van der Waals surface area contributed by atoms with Crippen LogP contribution in [0.4, 0.5) is 0 Å². The van der Waals surface area contributed by atoms with E-state index in [1.165, 1.54) is 0 Å². The van der Waals surface area contributed by atoms with E-state index < -0.39 is 0 Å². The highest BCUT2D eigenvalue weighted by molar-refractivity contribution is 5.79. The van der Waals surface area contributed by atoms with Crippen molar-refractivity contribution >= 4 is 5.91 Å². The van der Waals surface area contributed by atoms with Crippen molar-refractivity contribution < 1.29 is 4.79 Å². The van der Waals surface area contributed by atoms with E-state index in [4.69, 9.17) is 5.73 Å². The van der Waals surface area contributed by atoms with Crippen LogP contribution >= 0.6 is 0 Å². The molecule has 1 atom stereocenters. The van der Waals surface area contributed by atoms with Crippen LogP contribution in [0.2, 0.25) is 0 Å². The molecule has 3 heteroatoms. The second-order valence-corrected chi connectivity index (χ2v) is 5.72. The Kier molecular flexibility index (Phi) is 5.96. The fraction of sp³-hybridized carbons (Fsp3) is 0.929. The minimum atomic E-state index is 0.227. The van der Waals surface area contributed by atoms with E-state index in [9.17, 15) is 4.79 Å². The Hall–Kier alpha value is -0.570. The lowest BCUT2D eigenvalue weighted by Crippen LogP contribution is -2.42. The first-order chi connectivity index (χ1) is 8.08. The zero-order valence-corrected chi connectivity index (χ0v) is 11.5. The minimum absolute atomic E-state index is 0.227. The first-order valence-electron chi connectivity index (χ1n) is 7.08. The van der Waals surface area contributed by atoms with Gasteiger partial charge in [-0.15, -0.1) is 0 Å². The smallest absolute Gasteiger partial charge is 0.223 e. The van der Waals surface area contributed by atoms with Gasteiger partial charge in [-0.2, -0.15) is 0 Å². The molecule has 0 aromatic rings. The van der Waals surface area contributed by atoms with E-state index in [1.54, 1.807) is 0 Å². The fourth-order valence-electron chi connectivity index (χ4n) is 2.70. The van der Waals surface area contributed by atoms with Gasteiger partial charge in [-0.25, -0.2) is 0 Å². The molecule has 1 unspecified atom stereocenters. The summed E-state index contributed by atoms with van der Waals surface area (Å²) in [5.74, 6) is 1.65. The van der Waals surface area contributed by atoms with Gasteiger partial charge >= 0.3 is 0 Å². The highest BCUT2D eigenvalue weighted by Crippen LogP contribution is 2.28. The molecule has 3 N–H and O–H groups in total. The number of nitrogens with two attached hydrogens (primary N) is 1. The Morgan fingerprint density at radius 1 is 1.29 bits per heavy atom. The molecule has 0 spiro atoms. The van der Waals surface area contributed by atoms with Crippen LogP contribution in [0.25, 0.3) is 0 Å². The zero-order chi connectivity index (χ0) is 12.8. The highest BCUT2D eigenvalue weighted by Gasteiger charge is 2.27. The Morgan fingerprint density at radius 3 is 2.29 bits per heavy atom. The molecule has 1 rings (SSSR count). The quantitative estimate of drug-likeness (QED) is 0.774. The molecule has 0 aliphatic heterocycles. The van der Waals surface area contributed by atoms with Crippen LogP contribution in [0.1, 0.15) is 52.9 Å². The van der Waals surface area contributed by atoms with Gasteiger partial charge in [-0.1, -0.05) is 20.8 Å². The number of carbonyl (C=O) groups excluding carboxylic acids is 1. The number of amides is 1. The molecule has 0 saturated heterocycles. The van der Waals surface area contributed by atoms with Crippen LogP contribution in [0, 0.1) is 17.8 Å². The molecule has 100 valence electrons. The van der Waals surface area contributed by atoms with E-state index in [0.29, 0.717) is 17.9 Å². The third kappa shape index (κ3) is 4.30. The van der Waals surface area contributed by atoms with Crippen molar-refractivity contribution in [1.82, 2.24) is 5.32 Å². The van der Waals surface area contributed by atoms with Crippen molar-refractivity contribution in [1.29, 1.82) is 0 Å². The lowest BCUT2D eigenvalue weighted by atomic mass is 9.81. The molecular formula is C14H28N2O. The van der Waals surface area contributed by atoms with E-state index in [-0.39, 0.29) is 11.8 Å². The van der Waals surface area contributed by atoms with Crippen LogP contribution in [0.5, 0.6) is 0 Å². The maximum Gasteiger partial charge on any atom is 0.223 e. The van der Waals surface area contributed by atoms with Crippen molar-refractivity contribution in [2.24, 2.45) is 23.5 Å². The van der Waals surface area contributed by atoms with Gasteiger partial charge in [-0.05, 0) is 50.5 Å². The molecule has 0 bridgehead atoms. The van der Waals surface area contributed by atoms with Gasteiger partial charge in [-0.3, -0.25) is 4.79 Å². The molecule has 1 amide bonds. The first kappa shape index (κ1) is 14.5. The monoisotopic (exact) mass is 240 g/mol. The normalized spacial score (nSPS) is 26.9. The van der Waals surface area contributed by atoms with E-state index in [1.807, 2.05) is 0 Å². The molecule has 0 radical (unpaired) electrons. The number of carbonyl (C=O) groups is 1. The van der Waals surface area contributed by atoms with Crippen LogP contribution in [-0.2, 0) is 4.79 Å². The van der Waals surface area contributed by atoms with Gasteiger partial charge in [0, 0.05) is 12.0 Å². The van der Waals surface area contributed by atoms with Crippen molar-refractivity contribution in [3.05, 3.63) is 0 Å². The topological polar surface area (TPSA) is 55.1 Å². The van der Waals surface area contributed by atoms with E-state index in [2.05, 4.69) is 26.1 Å². The zero-order valence-electron chi connectivity index (χ0n) is 11.5. The average molecular weight is 240 g/mol. The summed E-state index contributed by atoms with van der Waals surface area (Å²) in [7, 11) is 0. The molecule has 1 aliphatic rings. The molecule has 1 saturated carbocycles. The van der Waals surface area contributed by atoms with E-state index in [0.717, 1.165) is 38.6 Å². The van der Waals surface area contributed by atoms with Gasteiger partial charge in [0.15, 0.2) is 0 Å². The molecule has 3 nitrogen and oxygen atoms in total. The first-order valence-corrected chi connectivity index (χ1v) is 7.08. The van der Waals surface area contributed by atoms with Gasteiger partial charge < -0.3 is 11.1 Å². The lowest BCUT2D eigenvalue weighted by molar-refractivity contribution is -0.127. The average Bonchev–Trinajstić information content (AvgIpc) is 2.35. The predicted octanol–water partition coefficient (Wildman–Crippen LogP) is 2.30. The minimum Gasteiger partial charge on any atom is -0.353 e. The summed E-state index contributed by atoms with van der Waals surface area (Å²) in [5, 5.41) is 3.20. The second kappa shape index (κ2) is 7.00. The van der Waals surface area contributed by atoms with Gasteiger partial charge in [0.25, 0.3) is 0 Å². The highest BCUT2D eigenvalue weighted by atomic mass is 16.1. The Morgan fingerprint density at radius 2 is 1.88 bits per heavy atom. The van der Waals surface area contributed by atoms with Gasteiger partial charge in [0.05, 0.1) is 0 Å². The maximum absolute atomic E-state index is 12.1. The Balaban J connectivity index is 2.38. The molecule has 1 aliphatic carbocycles. The SMILES string of the molecule is CCC(NC(=O)C1CCC(CN)CC1)C(C)C. The van der Waals surface area contributed by atoms with Crippen molar-refractivity contribution in [3.63, 3.8) is 0 Å². The van der Waals surface area contributed by atoms with Crippen molar-refractivity contribution in [3.8, 4) is 0 Å². The molecule has 17 heavy (non-hydrogen) atoms. The summed E-state index contributed by atoms with van der Waals surface area (Å²) < 4.78 is 0. The number of hydrogen-bond acceptors (Lipinski definition) is 2. The summed E-state index contributed by atoms with van der Waals surface area (Å²) in [4.78, 5) is 12.1. The summed E-state index contributed by atoms with van der Waals surface area (Å²) in [6.07, 6.45) is 5.28. The lowest BCUT2D eigenvalue weighted by Gasteiger charge is -2.29. The van der Waals surface area contributed by atoms with Crippen molar-refractivity contribution in [2.45, 2.75) is 58.9 Å². The summed E-state index contributed by atoms with van der Waals surface area (Å²) in [6.45, 7) is 7.24. The molecule has 0 aromatic heterocycles. The largest absolute Gasteiger partial charge is 0.353 e. The molecular weight excluding hydrogens is 212 g/mol. The second-order valence-electron chi connectivity index (χ2n) is 5.72. The number of hydrogen-bond donors (Lipinski definition) is 2. The van der Waals surface area contributed by atoms with Gasteiger partial charge in [0.2, 0.25) is 5.91 Å². The van der Waals surface area contributed by atoms with Crippen molar-refractivity contribution in [2.75, 3.05) is 6.54 Å². The van der Waals surface area contributed by atoms with Crippen LogP contribution in [0.15, 0.2) is 0 Å². The molecule has 0 aromatic carbocycles. The summed E-state index contributed by atoms with van der Waals surface area (Å²) in [6, 6.07) is 0.328. The third-order valence-corrected chi connectivity index (χ3v) is 4.12. The summed E-state index contributed by atoms with van der Waals surface area (Å²) >= 11 is 0. The summed E-state index contributed by atoms with van der Waals surface area (Å²) in [5.41, 5.74) is 5.67. The Bertz CT molecular complexity index is 232. The van der Waals surface area contributed by atoms with Gasteiger partial charge in [0.1, 0.15) is 0 Å².